The summed E-state index contributed by atoms with van der Waals surface area (Å²) >= 11 is 0. The van der Waals surface area contributed by atoms with Gasteiger partial charge in [0.15, 0.2) is 0 Å². The molecule has 0 amide bonds. The zero-order valence-electron chi connectivity index (χ0n) is 16.8. The third-order valence-electron chi connectivity index (χ3n) is 5.92. The quantitative estimate of drug-likeness (QED) is 0.681. The second-order valence-electron chi connectivity index (χ2n) is 8.03. The van der Waals surface area contributed by atoms with Crippen LogP contribution in [-0.4, -0.2) is 70.1 Å². The second kappa shape index (κ2) is 8.47. The SMILES string of the molecule is c1ccc(-c2cc(N3CCCOC(CN4CCCCC4)C3)c3nncn3n2)cc1. The zero-order chi connectivity index (χ0) is 19.5. The Morgan fingerprint density at radius 2 is 1.86 bits per heavy atom. The molecule has 4 heterocycles. The maximum atomic E-state index is 6.22. The lowest BCUT2D eigenvalue weighted by Gasteiger charge is -2.32. The van der Waals surface area contributed by atoms with Crippen molar-refractivity contribution < 1.29 is 4.74 Å². The Morgan fingerprint density at radius 3 is 2.72 bits per heavy atom. The third kappa shape index (κ3) is 4.11. The normalized spacial score (nSPS) is 21.4. The predicted molar refractivity (Wildman–Crippen MR) is 113 cm³/mol. The Hall–Kier alpha value is -2.51. The number of hydrogen-bond donors (Lipinski definition) is 0. The summed E-state index contributed by atoms with van der Waals surface area (Å²) in [6, 6.07) is 12.4. The van der Waals surface area contributed by atoms with Crippen LogP contribution in [0, 0.1) is 0 Å². The van der Waals surface area contributed by atoms with E-state index >= 15 is 0 Å². The topological polar surface area (TPSA) is 58.8 Å². The van der Waals surface area contributed by atoms with Crippen LogP contribution in [0.5, 0.6) is 0 Å². The highest BCUT2D eigenvalue weighted by Gasteiger charge is 2.25. The zero-order valence-corrected chi connectivity index (χ0v) is 16.8. The van der Waals surface area contributed by atoms with Crippen molar-refractivity contribution in [1.29, 1.82) is 0 Å². The van der Waals surface area contributed by atoms with Crippen LogP contribution >= 0.6 is 0 Å². The number of anilines is 1. The van der Waals surface area contributed by atoms with Gasteiger partial charge in [-0.05, 0) is 38.4 Å². The highest BCUT2D eigenvalue weighted by atomic mass is 16.5. The number of benzene rings is 1. The van der Waals surface area contributed by atoms with Crippen LogP contribution in [0.1, 0.15) is 25.7 Å². The molecule has 2 aliphatic heterocycles. The van der Waals surface area contributed by atoms with Crippen LogP contribution in [0.25, 0.3) is 16.9 Å². The van der Waals surface area contributed by atoms with Crippen molar-refractivity contribution in [2.24, 2.45) is 0 Å². The molecule has 0 radical (unpaired) electrons. The van der Waals surface area contributed by atoms with Gasteiger partial charge < -0.3 is 14.5 Å². The molecule has 152 valence electrons. The molecule has 2 saturated heterocycles. The Kier molecular flexibility index (Phi) is 5.41. The molecule has 0 spiro atoms. The van der Waals surface area contributed by atoms with Crippen LogP contribution < -0.4 is 4.90 Å². The smallest absolute Gasteiger partial charge is 0.200 e. The van der Waals surface area contributed by atoms with Crippen molar-refractivity contribution in [2.45, 2.75) is 31.8 Å². The van der Waals surface area contributed by atoms with Gasteiger partial charge in [0.1, 0.15) is 6.33 Å². The van der Waals surface area contributed by atoms with E-state index < -0.39 is 0 Å². The summed E-state index contributed by atoms with van der Waals surface area (Å²) in [6.07, 6.45) is 6.89. The number of hydrogen-bond acceptors (Lipinski definition) is 6. The minimum atomic E-state index is 0.215. The summed E-state index contributed by atoms with van der Waals surface area (Å²) in [5, 5.41) is 13.2. The van der Waals surface area contributed by atoms with Gasteiger partial charge in [-0.1, -0.05) is 36.8 Å². The van der Waals surface area contributed by atoms with E-state index in [2.05, 4.69) is 38.2 Å². The Morgan fingerprint density at radius 1 is 1.00 bits per heavy atom. The van der Waals surface area contributed by atoms with Gasteiger partial charge in [-0.3, -0.25) is 0 Å². The van der Waals surface area contributed by atoms with Gasteiger partial charge >= 0.3 is 0 Å². The molecule has 3 aromatic rings. The first kappa shape index (κ1) is 18.5. The standard InChI is InChI=1S/C22H28N6O/c1-3-8-18(9-4-1)20-14-21(22-24-23-17-28(22)25-20)27-12-7-13-29-19(16-27)15-26-10-5-2-6-11-26/h1,3-4,8-9,14,17,19H,2,5-7,10-13,15-16H2. The summed E-state index contributed by atoms with van der Waals surface area (Å²) in [5.74, 6) is 0. The number of nitrogens with zero attached hydrogens (tertiary/aromatic N) is 6. The Bertz CT molecular complexity index is 937. The molecule has 7 nitrogen and oxygen atoms in total. The predicted octanol–water partition coefficient (Wildman–Crippen LogP) is 2.87. The highest BCUT2D eigenvalue weighted by molar-refractivity contribution is 5.74. The molecule has 1 atom stereocenters. The van der Waals surface area contributed by atoms with Crippen molar-refractivity contribution >= 4 is 11.3 Å². The molecule has 29 heavy (non-hydrogen) atoms. The van der Waals surface area contributed by atoms with Crippen molar-refractivity contribution in [1.82, 2.24) is 24.7 Å². The third-order valence-corrected chi connectivity index (χ3v) is 5.92. The lowest BCUT2D eigenvalue weighted by atomic mass is 10.1. The molecule has 2 fully saturated rings. The first-order valence-corrected chi connectivity index (χ1v) is 10.7. The van der Waals surface area contributed by atoms with E-state index in [0.717, 1.165) is 55.3 Å². The number of ether oxygens (including phenoxy) is 1. The summed E-state index contributed by atoms with van der Waals surface area (Å²) in [7, 11) is 0. The minimum Gasteiger partial charge on any atom is -0.375 e. The largest absolute Gasteiger partial charge is 0.375 e. The fourth-order valence-corrected chi connectivity index (χ4v) is 4.45. The molecule has 2 aliphatic rings. The summed E-state index contributed by atoms with van der Waals surface area (Å²) in [5.41, 5.74) is 3.93. The molecule has 0 bridgehead atoms. The van der Waals surface area contributed by atoms with E-state index in [-0.39, 0.29) is 6.10 Å². The molecule has 1 unspecified atom stereocenters. The minimum absolute atomic E-state index is 0.215. The van der Waals surface area contributed by atoms with Crippen molar-refractivity contribution in [3.05, 3.63) is 42.7 Å². The molecule has 2 aromatic heterocycles. The van der Waals surface area contributed by atoms with Crippen LogP contribution in [-0.2, 0) is 4.74 Å². The molecular formula is C22H28N6O. The van der Waals surface area contributed by atoms with Crippen molar-refractivity contribution in [3.8, 4) is 11.3 Å². The average Bonchev–Trinajstić information content (AvgIpc) is 3.13. The first-order valence-electron chi connectivity index (χ1n) is 10.7. The summed E-state index contributed by atoms with van der Waals surface area (Å²) in [4.78, 5) is 4.98. The van der Waals surface area contributed by atoms with E-state index in [0.29, 0.717) is 0 Å². The Balaban J connectivity index is 1.44. The van der Waals surface area contributed by atoms with Gasteiger partial charge in [-0.15, -0.1) is 10.2 Å². The Labute approximate surface area is 171 Å². The van der Waals surface area contributed by atoms with Gasteiger partial charge in [0, 0.05) is 31.8 Å². The van der Waals surface area contributed by atoms with Gasteiger partial charge in [0.2, 0.25) is 5.65 Å². The molecule has 5 rings (SSSR count). The van der Waals surface area contributed by atoms with Gasteiger partial charge in [-0.25, -0.2) is 0 Å². The lowest BCUT2D eigenvalue weighted by Crippen LogP contribution is -2.42. The van der Waals surface area contributed by atoms with E-state index in [1.54, 1.807) is 10.8 Å². The molecule has 7 heteroatoms. The first-order chi connectivity index (χ1) is 14.4. The van der Waals surface area contributed by atoms with E-state index in [1.807, 2.05) is 18.2 Å². The molecular weight excluding hydrogens is 364 g/mol. The van der Waals surface area contributed by atoms with Crippen molar-refractivity contribution in [2.75, 3.05) is 44.2 Å². The fourth-order valence-electron chi connectivity index (χ4n) is 4.45. The summed E-state index contributed by atoms with van der Waals surface area (Å²) in [6.45, 7) is 6.04. The number of fused-ring (bicyclic) bond motifs is 1. The fraction of sp³-hybridized carbons (Fsp3) is 0.500. The number of rotatable bonds is 4. The van der Waals surface area contributed by atoms with Crippen LogP contribution in [0.3, 0.4) is 0 Å². The molecule has 0 aliphatic carbocycles. The number of likely N-dealkylation sites (tertiary alicyclic amines) is 1. The van der Waals surface area contributed by atoms with E-state index in [9.17, 15) is 0 Å². The highest BCUT2D eigenvalue weighted by Crippen LogP contribution is 2.27. The monoisotopic (exact) mass is 392 g/mol. The maximum Gasteiger partial charge on any atom is 0.200 e. The second-order valence-corrected chi connectivity index (χ2v) is 8.03. The molecule has 1 aromatic carbocycles. The van der Waals surface area contributed by atoms with E-state index in [4.69, 9.17) is 9.84 Å². The van der Waals surface area contributed by atoms with Gasteiger partial charge in [-0.2, -0.15) is 9.61 Å². The van der Waals surface area contributed by atoms with Crippen LogP contribution in [0.2, 0.25) is 0 Å². The molecule has 0 N–H and O–H groups in total. The van der Waals surface area contributed by atoms with Gasteiger partial charge in [0.25, 0.3) is 0 Å². The lowest BCUT2D eigenvalue weighted by molar-refractivity contribution is 0.0350. The van der Waals surface area contributed by atoms with Gasteiger partial charge in [0.05, 0.1) is 17.5 Å². The van der Waals surface area contributed by atoms with Crippen molar-refractivity contribution in [3.63, 3.8) is 0 Å². The number of piperidine rings is 1. The number of aromatic nitrogens is 4. The summed E-state index contributed by atoms with van der Waals surface area (Å²) < 4.78 is 8.02. The average molecular weight is 393 g/mol. The maximum absolute atomic E-state index is 6.22. The van der Waals surface area contributed by atoms with E-state index in [1.165, 1.54) is 32.4 Å². The molecule has 0 saturated carbocycles. The van der Waals surface area contributed by atoms with Crippen LogP contribution in [0.4, 0.5) is 5.69 Å². The van der Waals surface area contributed by atoms with Crippen LogP contribution in [0.15, 0.2) is 42.7 Å².